The lowest BCUT2D eigenvalue weighted by Crippen LogP contribution is -2.34. The summed E-state index contributed by atoms with van der Waals surface area (Å²) in [7, 11) is -3.72. The molecule has 0 aromatic heterocycles. The SMILES string of the molecule is O=C1CCc2cc(S(=O)(=O)N3CCSC(c4cc(F)ccc4F)CC3)cc3c2N1CC3. The molecule has 1 fully saturated rings. The van der Waals surface area contributed by atoms with Gasteiger partial charge in [-0.1, -0.05) is 0 Å². The van der Waals surface area contributed by atoms with E-state index in [2.05, 4.69) is 0 Å². The summed E-state index contributed by atoms with van der Waals surface area (Å²) in [6.45, 7) is 1.16. The van der Waals surface area contributed by atoms with Crippen LogP contribution < -0.4 is 4.90 Å². The predicted octanol–water partition coefficient (Wildman–Crippen LogP) is 3.67. The molecule has 31 heavy (non-hydrogen) atoms. The fourth-order valence-electron chi connectivity index (χ4n) is 4.72. The molecule has 9 heteroatoms. The van der Waals surface area contributed by atoms with Crippen molar-refractivity contribution >= 4 is 33.4 Å². The molecule has 3 aliphatic rings. The number of aryl methyl sites for hydroxylation is 1. The molecule has 1 saturated heterocycles. The Hall–Kier alpha value is -1.97. The number of halogens is 2. The summed E-state index contributed by atoms with van der Waals surface area (Å²) in [4.78, 5) is 14.2. The summed E-state index contributed by atoms with van der Waals surface area (Å²) in [6.07, 6.45) is 2.02. The number of rotatable bonds is 3. The van der Waals surface area contributed by atoms with Crippen LogP contribution in [0.5, 0.6) is 0 Å². The van der Waals surface area contributed by atoms with Gasteiger partial charge >= 0.3 is 0 Å². The molecule has 164 valence electrons. The van der Waals surface area contributed by atoms with E-state index < -0.39 is 21.7 Å². The smallest absolute Gasteiger partial charge is 0.243 e. The van der Waals surface area contributed by atoms with Gasteiger partial charge in [0.1, 0.15) is 11.6 Å². The van der Waals surface area contributed by atoms with Gasteiger partial charge in [0.05, 0.1) is 10.6 Å². The number of thioether (sulfide) groups is 1. The van der Waals surface area contributed by atoms with E-state index >= 15 is 0 Å². The number of hydrogen-bond donors (Lipinski definition) is 0. The molecule has 2 aromatic rings. The maximum absolute atomic E-state index is 14.2. The number of carbonyl (C=O) groups is 1. The number of nitrogens with zero attached hydrogens (tertiary/aromatic N) is 2. The van der Waals surface area contributed by atoms with E-state index in [4.69, 9.17) is 0 Å². The third kappa shape index (κ3) is 3.66. The number of amides is 1. The van der Waals surface area contributed by atoms with Crippen molar-refractivity contribution < 1.29 is 22.0 Å². The monoisotopic (exact) mass is 464 g/mol. The lowest BCUT2D eigenvalue weighted by molar-refractivity contribution is -0.118. The van der Waals surface area contributed by atoms with Crippen molar-refractivity contribution in [2.45, 2.75) is 35.8 Å². The maximum Gasteiger partial charge on any atom is 0.243 e. The largest absolute Gasteiger partial charge is 0.312 e. The molecular formula is C22H22F2N2O3S2. The highest BCUT2D eigenvalue weighted by Gasteiger charge is 2.35. The number of hydrogen-bond acceptors (Lipinski definition) is 4. The summed E-state index contributed by atoms with van der Waals surface area (Å²) >= 11 is 1.46. The molecule has 3 heterocycles. The second-order valence-corrected chi connectivity index (χ2v) is 11.4. The molecule has 0 aliphatic carbocycles. The van der Waals surface area contributed by atoms with Crippen LogP contribution in [0.15, 0.2) is 35.2 Å². The highest BCUT2D eigenvalue weighted by Crippen LogP contribution is 2.40. The Morgan fingerprint density at radius 1 is 0.968 bits per heavy atom. The third-order valence-corrected chi connectivity index (χ3v) is 9.46. The molecule has 5 rings (SSSR count). The first kappa shape index (κ1) is 20.9. The highest BCUT2D eigenvalue weighted by molar-refractivity contribution is 7.99. The van der Waals surface area contributed by atoms with E-state index in [-0.39, 0.29) is 28.2 Å². The van der Waals surface area contributed by atoms with Gasteiger partial charge in [0, 0.05) is 42.6 Å². The second-order valence-electron chi connectivity index (χ2n) is 8.10. The van der Waals surface area contributed by atoms with E-state index in [1.165, 1.54) is 22.1 Å². The Labute approximate surface area is 184 Å². The minimum atomic E-state index is -3.72. The summed E-state index contributed by atoms with van der Waals surface area (Å²) in [5.74, 6) is -0.362. The first-order valence-corrected chi connectivity index (χ1v) is 12.9. The van der Waals surface area contributed by atoms with Gasteiger partial charge in [-0.2, -0.15) is 16.1 Å². The van der Waals surface area contributed by atoms with Crippen LogP contribution in [0.1, 0.15) is 34.8 Å². The van der Waals surface area contributed by atoms with Crippen molar-refractivity contribution in [3.8, 4) is 0 Å². The topological polar surface area (TPSA) is 57.7 Å². The zero-order valence-corrected chi connectivity index (χ0v) is 18.4. The first-order chi connectivity index (χ1) is 14.8. The Balaban J connectivity index is 1.41. The van der Waals surface area contributed by atoms with E-state index in [1.807, 2.05) is 0 Å². The molecule has 0 bridgehead atoms. The molecule has 1 amide bonds. The molecule has 2 aromatic carbocycles. The lowest BCUT2D eigenvalue weighted by Gasteiger charge is -2.26. The summed E-state index contributed by atoms with van der Waals surface area (Å²) in [5, 5.41) is -0.295. The van der Waals surface area contributed by atoms with E-state index in [0.717, 1.165) is 28.9 Å². The quantitative estimate of drug-likeness (QED) is 0.696. The standard InChI is InChI=1S/C22H22F2N2O3S2/c23-16-2-3-19(24)18(13-16)20-6-7-25(9-10-30-20)31(28,29)17-11-14-1-4-21(27)26-8-5-15(12-17)22(14)26/h2-3,11-13,20H,1,4-10H2. The van der Waals surface area contributed by atoms with Crippen LogP contribution >= 0.6 is 11.8 Å². The third-order valence-electron chi connectivity index (χ3n) is 6.27. The first-order valence-electron chi connectivity index (χ1n) is 10.4. The average Bonchev–Trinajstić information content (AvgIpc) is 3.02. The van der Waals surface area contributed by atoms with Crippen LogP contribution in [0, 0.1) is 11.6 Å². The van der Waals surface area contributed by atoms with Crippen LogP contribution in [-0.2, 0) is 27.7 Å². The summed E-state index contributed by atoms with van der Waals surface area (Å²) in [6, 6.07) is 6.82. The van der Waals surface area contributed by atoms with Gasteiger partial charge in [-0.3, -0.25) is 4.79 Å². The summed E-state index contributed by atoms with van der Waals surface area (Å²) < 4.78 is 56.2. The van der Waals surface area contributed by atoms with Crippen LogP contribution in [-0.4, -0.2) is 44.0 Å². The van der Waals surface area contributed by atoms with Crippen LogP contribution in [0.4, 0.5) is 14.5 Å². The average molecular weight is 465 g/mol. The molecule has 0 saturated carbocycles. The van der Waals surface area contributed by atoms with Gasteiger partial charge in [-0.25, -0.2) is 17.2 Å². The molecular weight excluding hydrogens is 442 g/mol. The second kappa shape index (κ2) is 7.86. The predicted molar refractivity (Wildman–Crippen MR) is 116 cm³/mol. The van der Waals surface area contributed by atoms with Crippen LogP contribution in [0.3, 0.4) is 0 Å². The molecule has 1 atom stereocenters. The van der Waals surface area contributed by atoms with Crippen LogP contribution in [0.2, 0.25) is 0 Å². The number of sulfonamides is 1. The number of benzene rings is 2. The van der Waals surface area contributed by atoms with E-state index in [0.29, 0.717) is 44.5 Å². The number of anilines is 1. The minimum absolute atomic E-state index is 0.0991. The van der Waals surface area contributed by atoms with Crippen molar-refractivity contribution in [3.05, 3.63) is 58.7 Å². The molecule has 0 radical (unpaired) electrons. The fourth-order valence-corrected chi connectivity index (χ4v) is 7.64. The van der Waals surface area contributed by atoms with E-state index in [9.17, 15) is 22.0 Å². The number of carbonyl (C=O) groups excluding carboxylic acids is 1. The molecule has 5 nitrogen and oxygen atoms in total. The lowest BCUT2D eigenvalue weighted by atomic mass is 10.00. The Bertz CT molecular complexity index is 1170. The van der Waals surface area contributed by atoms with Gasteiger partial charge in [0.15, 0.2) is 0 Å². The zero-order chi connectivity index (χ0) is 21.8. The van der Waals surface area contributed by atoms with Gasteiger partial charge in [-0.05, 0) is 60.7 Å². The highest BCUT2D eigenvalue weighted by atomic mass is 32.2. The Kier molecular flexibility index (Phi) is 5.30. The fraction of sp³-hybridized carbons (Fsp3) is 0.409. The Morgan fingerprint density at radius 2 is 1.74 bits per heavy atom. The Morgan fingerprint density at radius 3 is 2.55 bits per heavy atom. The molecule has 3 aliphatic heterocycles. The van der Waals surface area contributed by atoms with Crippen LogP contribution in [0.25, 0.3) is 0 Å². The van der Waals surface area contributed by atoms with Gasteiger partial charge in [0.2, 0.25) is 15.9 Å². The van der Waals surface area contributed by atoms with Gasteiger partial charge in [-0.15, -0.1) is 0 Å². The van der Waals surface area contributed by atoms with Crippen molar-refractivity contribution in [2.75, 3.05) is 30.3 Å². The zero-order valence-electron chi connectivity index (χ0n) is 16.8. The van der Waals surface area contributed by atoms with Gasteiger partial charge in [0.25, 0.3) is 0 Å². The summed E-state index contributed by atoms with van der Waals surface area (Å²) in [5.41, 5.74) is 3.00. The maximum atomic E-state index is 14.2. The van der Waals surface area contributed by atoms with Crippen molar-refractivity contribution in [3.63, 3.8) is 0 Å². The molecule has 0 N–H and O–H groups in total. The van der Waals surface area contributed by atoms with E-state index in [1.54, 1.807) is 17.0 Å². The molecule has 1 unspecified atom stereocenters. The normalized spacial score (nSPS) is 21.8. The van der Waals surface area contributed by atoms with Crippen molar-refractivity contribution in [1.82, 2.24) is 4.31 Å². The van der Waals surface area contributed by atoms with Gasteiger partial charge < -0.3 is 4.90 Å². The minimum Gasteiger partial charge on any atom is -0.312 e. The van der Waals surface area contributed by atoms with Crippen molar-refractivity contribution in [1.29, 1.82) is 0 Å². The molecule has 0 spiro atoms. The van der Waals surface area contributed by atoms with Crippen molar-refractivity contribution in [2.24, 2.45) is 0 Å².